The summed E-state index contributed by atoms with van der Waals surface area (Å²) in [6.07, 6.45) is 3.36. The highest BCUT2D eigenvalue weighted by atomic mass is 35.5. The molecule has 1 aliphatic rings. The molecule has 0 saturated heterocycles. The SMILES string of the molecule is O=[N+]([O-])[C@H]1CCCC[C@@H]1c1sc2c(NCc3cccs3)cc(Cl)nc2c1-c1ccccc1. The summed E-state index contributed by atoms with van der Waals surface area (Å²) < 4.78 is 1.01. The summed E-state index contributed by atoms with van der Waals surface area (Å²) in [5.41, 5.74) is 3.77. The highest BCUT2D eigenvalue weighted by Crippen LogP contribution is 2.49. The Balaban J connectivity index is 1.68. The van der Waals surface area contributed by atoms with E-state index in [1.165, 1.54) is 4.88 Å². The van der Waals surface area contributed by atoms with E-state index in [2.05, 4.69) is 28.9 Å². The van der Waals surface area contributed by atoms with Crippen LogP contribution in [0.1, 0.15) is 41.4 Å². The van der Waals surface area contributed by atoms with Gasteiger partial charge in [0.1, 0.15) is 5.15 Å². The van der Waals surface area contributed by atoms with Crippen LogP contribution in [0.15, 0.2) is 53.9 Å². The van der Waals surface area contributed by atoms with Crippen LogP contribution < -0.4 is 5.32 Å². The lowest BCUT2D eigenvalue weighted by Gasteiger charge is -2.25. The first kappa shape index (κ1) is 21.4. The van der Waals surface area contributed by atoms with Gasteiger partial charge in [-0.2, -0.15) is 0 Å². The third kappa shape index (κ3) is 4.12. The second kappa shape index (κ2) is 9.17. The number of nitro groups is 1. The second-order valence-corrected chi connectivity index (χ2v) is 10.5. The van der Waals surface area contributed by atoms with E-state index in [1.807, 2.05) is 30.3 Å². The minimum atomic E-state index is -0.558. The lowest BCUT2D eigenvalue weighted by molar-refractivity contribution is -0.529. The zero-order chi connectivity index (χ0) is 22.1. The number of hydrogen-bond acceptors (Lipinski definition) is 6. The highest BCUT2D eigenvalue weighted by molar-refractivity contribution is 7.20. The molecule has 1 N–H and O–H groups in total. The van der Waals surface area contributed by atoms with Gasteiger partial charge in [0, 0.05) is 39.3 Å². The number of nitrogens with zero attached hydrogens (tertiary/aromatic N) is 2. The molecule has 1 aromatic carbocycles. The fourth-order valence-corrected chi connectivity index (χ4v) is 6.88. The number of halogens is 1. The molecule has 3 heterocycles. The molecule has 1 fully saturated rings. The maximum atomic E-state index is 11.9. The van der Waals surface area contributed by atoms with Crippen molar-refractivity contribution in [1.82, 2.24) is 4.98 Å². The average molecular weight is 484 g/mol. The maximum absolute atomic E-state index is 11.9. The molecule has 4 aromatic rings. The first-order valence-corrected chi connectivity index (χ1v) is 12.8. The maximum Gasteiger partial charge on any atom is 0.220 e. The molecule has 5 rings (SSSR count). The standard InChI is InChI=1S/C24H22ClN3O2S2/c25-20-13-18(26-14-16-9-6-12-31-16)24-22(27-20)21(15-7-2-1-3-8-15)23(32-24)17-10-4-5-11-19(17)28(29)30/h1-3,6-9,12-13,17,19H,4-5,10-11,14H2,(H,26,27)/t17-,19-/m0/s1. The molecule has 0 amide bonds. The van der Waals surface area contributed by atoms with Crippen molar-refractivity contribution < 1.29 is 4.92 Å². The minimum Gasteiger partial charge on any atom is -0.379 e. The molecule has 164 valence electrons. The first-order chi connectivity index (χ1) is 15.6. The molecule has 0 spiro atoms. The van der Waals surface area contributed by atoms with Crippen LogP contribution in [0.25, 0.3) is 21.3 Å². The molecule has 3 aromatic heterocycles. The summed E-state index contributed by atoms with van der Waals surface area (Å²) in [6, 6.07) is 15.5. The summed E-state index contributed by atoms with van der Waals surface area (Å²) in [7, 11) is 0. The van der Waals surface area contributed by atoms with Crippen molar-refractivity contribution in [3.05, 3.63) is 78.9 Å². The monoisotopic (exact) mass is 483 g/mol. The van der Waals surface area contributed by atoms with Gasteiger partial charge in [-0.25, -0.2) is 4.98 Å². The predicted octanol–water partition coefficient (Wildman–Crippen LogP) is 7.59. The smallest absolute Gasteiger partial charge is 0.220 e. The summed E-state index contributed by atoms with van der Waals surface area (Å²) in [6.45, 7) is 0.696. The van der Waals surface area contributed by atoms with Gasteiger partial charge in [-0.3, -0.25) is 10.1 Å². The van der Waals surface area contributed by atoms with Crippen LogP contribution in [-0.4, -0.2) is 15.9 Å². The molecular formula is C24H22ClN3O2S2. The Bertz CT molecular complexity index is 1240. The van der Waals surface area contributed by atoms with Gasteiger partial charge in [-0.05, 0) is 29.9 Å². The molecule has 0 unspecified atom stereocenters. The molecule has 2 atom stereocenters. The van der Waals surface area contributed by atoms with E-state index in [0.29, 0.717) is 18.1 Å². The molecule has 1 aliphatic carbocycles. The van der Waals surface area contributed by atoms with E-state index in [4.69, 9.17) is 16.6 Å². The van der Waals surface area contributed by atoms with E-state index >= 15 is 0 Å². The van der Waals surface area contributed by atoms with E-state index in [1.54, 1.807) is 22.7 Å². The van der Waals surface area contributed by atoms with Gasteiger partial charge in [0.2, 0.25) is 6.04 Å². The Morgan fingerprint density at radius 2 is 1.97 bits per heavy atom. The Hall–Kier alpha value is -2.48. The molecule has 0 bridgehead atoms. The van der Waals surface area contributed by atoms with Crippen molar-refractivity contribution in [1.29, 1.82) is 0 Å². The number of thiophene rings is 2. The Kier molecular flexibility index (Phi) is 6.13. The lowest BCUT2D eigenvalue weighted by atomic mass is 9.82. The largest absolute Gasteiger partial charge is 0.379 e. The molecule has 8 heteroatoms. The predicted molar refractivity (Wildman–Crippen MR) is 134 cm³/mol. The third-order valence-electron chi connectivity index (χ3n) is 6.07. The summed E-state index contributed by atoms with van der Waals surface area (Å²) in [4.78, 5) is 18.8. The van der Waals surface area contributed by atoms with Crippen molar-refractivity contribution >= 4 is 50.2 Å². The van der Waals surface area contributed by atoms with E-state index in [9.17, 15) is 10.1 Å². The van der Waals surface area contributed by atoms with Gasteiger partial charge in [-0.1, -0.05) is 54.4 Å². The topological polar surface area (TPSA) is 68.1 Å². The van der Waals surface area contributed by atoms with Crippen LogP contribution >= 0.6 is 34.3 Å². The van der Waals surface area contributed by atoms with Crippen molar-refractivity contribution in [2.45, 2.75) is 44.2 Å². The summed E-state index contributed by atoms with van der Waals surface area (Å²) >= 11 is 9.80. The van der Waals surface area contributed by atoms with Gasteiger partial charge in [0.25, 0.3) is 0 Å². The van der Waals surface area contributed by atoms with Crippen LogP contribution in [-0.2, 0) is 6.54 Å². The average Bonchev–Trinajstić information content (AvgIpc) is 3.46. The van der Waals surface area contributed by atoms with Gasteiger partial charge >= 0.3 is 0 Å². The van der Waals surface area contributed by atoms with Crippen molar-refractivity contribution in [3.63, 3.8) is 0 Å². The number of rotatable bonds is 6. The third-order valence-corrected chi connectivity index (χ3v) is 8.48. The van der Waals surface area contributed by atoms with Gasteiger partial charge < -0.3 is 5.32 Å². The van der Waals surface area contributed by atoms with Gasteiger partial charge in [-0.15, -0.1) is 22.7 Å². The van der Waals surface area contributed by atoms with Crippen LogP contribution in [0.5, 0.6) is 0 Å². The molecule has 1 saturated carbocycles. The second-order valence-electron chi connectivity index (χ2n) is 8.05. The molecule has 0 radical (unpaired) electrons. The molecule has 32 heavy (non-hydrogen) atoms. The van der Waals surface area contributed by atoms with Crippen molar-refractivity contribution in [2.75, 3.05) is 5.32 Å². The quantitative estimate of drug-likeness (QED) is 0.174. The van der Waals surface area contributed by atoms with Crippen molar-refractivity contribution in [2.24, 2.45) is 0 Å². The van der Waals surface area contributed by atoms with E-state index in [0.717, 1.165) is 51.2 Å². The Labute approximate surface area is 199 Å². The number of anilines is 1. The zero-order valence-electron chi connectivity index (χ0n) is 17.3. The number of hydrogen-bond donors (Lipinski definition) is 1. The van der Waals surface area contributed by atoms with E-state index in [-0.39, 0.29) is 10.8 Å². The number of benzene rings is 1. The molecular weight excluding hydrogens is 462 g/mol. The number of aromatic nitrogens is 1. The normalized spacial score (nSPS) is 18.7. The van der Waals surface area contributed by atoms with Crippen LogP contribution in [0.4, 0.5) is 5.69 Å². The van der Waals surface area contributed by atoms with Crippen LogP contribution in [0.2, 0.25) is 5.15 Å². The summed E-state index contributed by atoms with van der Waals surface area (Å²) in [5.74, 6) is -0.114. The highest BCUT2D eigenvalue weighted by Gasteiger charge is 2.38. The number of fused-ring (bicyclic) bond motifs is 1. The molecule has 5 nitrogen and oxygen atoms in total. The van der Waals surface area contributed by atoms with E-state index < -0.39 is 6.04 Å². The van der Waals surface area contributed by atoms with Crippen LogP contribution in [0, 0.1) is 10.1 Å². The fourth-order valence-electron chi connectivity index (χ4n) is 4.59. The van der Waals surface area contributed by atoms with Gasteiger partial charge in [0.05, 0.1) is 21.8 Å². The first-order valence-electron chi connectivity index (χ1n) is 10.7. The lowest BCUT2D eigenvalue weighted by Crippen LogP contribution is -2.30. The fraction of sp³-hybridized carbons (Fsp3) is 0.292. The summed E-state index contributed by atoms with van der Waals surface area (Å²) in [5, 5.41) is 17.9. The number of pyridine rings is 1. The minimum absolute atomic E-state index is 0.0840. The molecule has 0 aliphatic heterocycles. The Morgan fingerprint density at radius 1 is 1.16 bits per heavy atom. The van der Waals surface area contributed by atoms with Crippen LogP contribution in [0.3, 0.4) is 0 Å². The zero-order valence-corrected chi connectivity index (χ0v) is 19.7. The number of nitrogens with one attached hydrogen (secondary N) is 1. The van der Waals surface area contributed by atoms with Crippen molar-refractivity contribution in [3.8, 4) is 11.1 Å². The Morgan fingerprint density at radius 3 is 2.72 bits per heavy atom. The van der Waals surface area contributed by atoms with Gasteiger partial charge in [0.15, 0.2) is 0 Å².